The monoisotopic (exact) mass is 264 g/mol. The average Bonchev–Trinajstić information content (AvgIpc) is 2.39. The smallest absolute Gasteiger partial charge is 0.254 e. The molecule has 1 rings (SSSR count). The molecule has 0 aromatic carbocycles. The molecular weight excluding hydrogens is 240 g/mol. The van der Waals surface area contributed by atoms with Crippen LogP contribution in [0.25, 0.3) is 0 Å². The van der Waals surface area contributed by atoms with Crippen molar-refractivity contribution in [1.82, 2.24) is 9.88 Å². The summed E-state index contributed by atoms with van der Waals surface area (Å²) in [5.41, 5.74) is 4.06. The van der Waals surface area contributed by atoms with E-state index >= 15 is 0 Å². The molecule has 0 atom stereocenters. The van der Waals surface area contributed by atoms with Crippen LogP contribution in [0.5, 0.6) is 0 Å². The zero-order chi connectivity index (χ0) is 14.4. The molecule has 1 heterocycles. The largest absolute Gasteiger partial charge is 0.336 e. The molecule has 1 aromatic heterocycles. The van der Waals surface area contributed by atoms with Gasteiger partial charge in [0.15, 0.2) is 0 Å². The van der Waals surface area contributed by atoms with Crippen LogP contribution in [0.2, 0.25) is 0 Å². The van der Waals surface area contributed by atoms with E-state index in [0.29, 0.717) is 17.9 Å². The Bertz CT molecular complexity index is 431. The highest BCUT2D eigenvalue weighted by Crippen LogP contribution is 2.15. The van der Waals surface area contributed by atoms with E-state index in [1.807, 2.05) is 31.7 Å². The number of hydrogen-bond donors (Lipinski definition) is 2. The van der Waals surface area contributed by atoms with Crippen LogP contribution >= 0.6 is 0 Å². The van der Waals surface area contributed by atoms with E-state index in [2.05, 4.69) is 17.3 Å². The van der Waals surface area contributed by atoms with E-state index in [1.165, 1.54) is 0 Å². The molecule has 106 valence electrons. The zero-order valence-corrected chi connectivity index (χ0v) is 12.2. The number of aromatic nitrogens is 1. The molecule has 0 unspecified atom stereocenters. The quantitative estimate of drug-likeness (QED) is 0.610. The van der Waals surface area contributed by atoms with Crippen molar-refractivity contribution in [2.45, 2.75) is 46.6 Å². The molecule has 5 nitrogen and oxygen atoms in total. The van der Waals surface area contributed by atoms with Gasteiger partial charge in [0.2, 0.25) is 0 Å². The number of rotatable bonds is 6. The number of amides is 1. The Kier molecular flexibility index (Phi) is 5.76. The summed E-state index contributed by atoms with van der Waals surface area (Å²) in [4.78, 5) is 18.6. The van der Waals surface area contributed by atoms with Crippen molar-refractivity contribution in [3.63, 3.8) is 0 Å². The maximum atomic E-state index is 12.5. The SMILES string of the molecule is CCCc1cc(C(=O)N(CC)C(C)C)cc(NN)n1. The number of pyridine rings is 1. The number of carbonyl (C=O) groups is 1. The van der Waals surface area contributed by atoms with Crippen LogP contribution in [0.1, 0.15) is 50.2 Å². The minimum absolute atomic E-state index is 0.0220. The van der Waals surface area contributed by atoms with Gasteiger partial charge in [-0.3, -0.25) is 4.79 Å². The summed E-state index contributed by atoms with van der Waals surface area (Å²) < 4.78 is 0. The zero-order valence-electron chi connectivity index (χ0n) is 12.2. The lowest BCUT2D eigenvalue weighted by Crippen LogP contribution is -2.36. The van der Waals surface area contributed by atoms with E-state index in [4.69, 9.17) is 5.84 Å². The van der Waals surface area contributed by atoms with Crippen molar-refractivity contribution < 1.29 is 4.79 Å². The van der Waals surface area contributed by atoms with Crippen LogP contribution in [0.3, 0.4) is 0 Å². The Balaban J connectivity index is 3.10. The van der Waals surface area contributed by atoms with Crippen molar-refractivity contribution in [1.29, 1.82) is 0 Å². The van der Waals surface area contributed by atoms with Gasteiger partial charge >= 0.3 is 0 Å². The van der Waals surface area contributed by atoms with Gasteiger partial charge in [-0.15, -0.1) is 0 Å². The molecule has 0 aliphatic rings. The first-order valence-electron chi connectivity index (χ1n) is 6.82. The van der Waals surface area contributed by atoms with E-state index in [1.54, 1.807) is 6.07 Å². The van der Waals surface area contributed by atoms with Crippen molar-refractivity contribution in [2.75, 3.05) is 12.0 Å². The van der Waals surface area contributed by atoms with Crippen LogP contribution in [0.15, 0.2) is 12.1 Å². The van der Waals surface area contributed by atoms with Crippen LogP contribution in [0, 0.1) is 0 Å². The van der Waals surface area contributed by atoms with Crippen LogP contribution in [-0.2, 0) is 6.42 Å². The number of hydrogen-bond acceptors (Lipinski definition) is 4. The van der Waals surface area contributed by atoms with E-state index in [9.17, 15) is 4.79 Å². The predicted molar refractivity (Wildman–Crippen MR) is 77.9 cm³/mol. The van der Waals surface area contributed by atoms with Crippen molar-refractivity contribution in [3.05, 3.63) is 23.4 Å². The highest BCUT2D eigenvalue weighted by molar-refractivity contribution is 5.95. The number of nitrogens with zero attached hydrogens (tertiary/aromatic N) is 2. The van der Waals surface area contributed by atoms with Crippen molar-refractivity contribution in [2.24, 2.45) is 5.84 Å². The Labute approximate surface area is 115 Å². The summed E-state index contributed by atoms with van der Waals surface area (Å²) in [6.07, 6.45) is 1.82. The summed E-state index contributed by atoms with van der Waals surface area (Å²) in [5, 5.41) is 0. The minimum atomic E-state index is 0.0220. The van der Waals surface area contributed by atoms with Crippen molar-refractivity contribution in [3.8, 4) is 0 Å². The van der Waals surface area contributed by atoms with Gasteiger partial charge in [-0.05, 0) is 39.3 Å². The summed E-state index contributed by atoms with van der Waals surface area (Å²) in [5.74, 6) is 5.97. The standard InChI is InChI=1S/C14H24N4O/c1-5-7-12-8-11(9-13(16-12)17-15)14(19)18(6-2)10(3)4/h8-10H,5-7,15H2,1-4H3,(H,16,17). The maximum Gasteiger partial charge on any atom is 0.254 e. The molecule has 3 N–H and O–H groups in total. The van der Waals surface area contributed by atoms with Gasteiger partial charge in [0.1, 0.15) is 5.82 Å². The first-order valence-corrected chi connectivity index (χ1v) is 6.82. The summed E-state index contributed by atoms with van der Waals surface area (Å²) in [6.45, 7) is 8.77. The lowest BCUT2D eigenvalue weighted by molar-refractivity contribution is 0.0716. The lowest BCUT2D eigenvalue weighted by atomic mass is 10.1. The molecule has 0 saturated carbocycles. The van der Waals surface area contributed by atoms with Gasteiger partial charge in [-0.1, -0.05) is 13.3 Å². The Morgan fingerprint density at radius 3 is 2.58 bits per heavy atom. The van der Waals surface area contributed by atoms with E-state index in [-0.39, 0.29) is 11.9 Å². The number of aryl methyl sites for hydroxylation is 1. The molecule has 0 aliphatic heterocycles. The molecule has 0 bridgehead atoms. The molecule has 0 saturated heterocycles. The third-order valence-electron chi connectivity index (χ3n) is 3.00. The molecule has 0 fully saturated rings. The number of nitrogen functional groups attached to an aromatic ring is 1. The fourth-order valence-electron chi connectivity index (χ4n) is 2.08. The second-order valence-corrected chi connectivity index (χ2v) is 4.81. The van der Waals surface area contributed by atoms with Gasteiger partial charge in [0, 0.05) is 23.8 Å². The molecule has 1 amide bonds. The first kappa shape index (κ1) is 15.4. The normalized spacial score (nSPS) is 10.6. The highest BCUT2D eigenvalue weighted by atomic mass is 16.2. The second-order valence-electron chi connectivity index (χ2n) is 4.81. The highest BCUT2D eigenvalue weighted by Gasteiger charge is 2.18. The predicted octanol–water partition coefficient (Wildman–Crippen LogP) is 2.19. The molecule has 1 aromatic rings. The molecule has 19 heavy (non-hydrogen) atoms. The van der Waals surface area contributed by atoms with Crippen LogP contribution in [-0.4, -0.2) is 28.4 Å². The fourth-order valence-corrected chi connectivity index (χ4v) is 2.08. The summed E-state index contributed by atoms with van der Waals surface area (Å²) in [7, 11) is 0. The van der Waals surface area contributed by atoms with Gasteiger partial charge < -0.3 is 10.3 Å². The molecular formula is C14H24N4O. The minimum Gasteiger partial charge on any atom is -0.336 e. The number of carbonyl (C=O) groups excluding carboxylic acids is 1. The van der Waals surface area contributed by atoms with Crippen LogP contribution in [0.4, 0.5) is 5.82 Å². The van der Waals surface area contributed by atoms with Gasteiger partial charge in [-0.25, -0.2) is 10.8 Å². The number of anilines is 1. The Morgan fingerprint density at radius 2 is 2.11 bits per heavy atom. The number of hydrazine groups is 1. The van der Waals surface area contributed by atoms with Crippen molar-refractivity contribution >= 4 is 11.7 Å². The van der Waals surface area contributed by atoms with Gasteiger partial charge in [0.05, 0.1) is 0 Å². The van der Waals surface area contributed by atoms with Crippen LogP contribution < -0.4 is 11.3 Å². The molecule has 5 heteroatoms. The van der Waals surface area contributed by atoms with Gasteiger partial charge in [0.25, 0.3) is 5.91 Å². The third kappa shape index (κ3) is 3.92. The maximum absolute atomic E-state index is 12.5. The average molecular weight is 264 g/mol. The second kappa shape index (κ2) is 7.09. The number of nitrogens with one attached hydrogen (secondary N) is 1. The Hall–Kier alpha value is -1.62. The number of nitrogens with two attached hydrogens (primary N) is 1. The van der Waals surface area contributed by atoms with E-state index < -0.39 is 0 Å². The fraction of sp³-hybridized carbons (Fsp3) is 0.571. The molecule has 0 aliphatic carbocycles. The molecule has 0 spiro atoms. The lowest BCUT2D eigenvalue weighted by Gasteiger charge is -2.25. The third-order valence-corrected chi connectivity index (χ3v) is 3.00. The molecule has 0 radical (unpaired) electrons. The Morgan fingerprint density at radius 1 is 1.42 bits per heavy atom. The summed E-state index contributed by atoms with van der Waals surface area (Å²) >= 11 is 0. The topological polar surface area (TPSA) is 71.2 Å². The first-order chi connectivity index (χ1) is 9.03. The summed E-state index contributed by atoms with van der Waals surface area (Å²) in [6, 6.07) is 3.74. The van der Waals surface area contributed by atoms with Gasteiger partial charge in [-0.2, -0.15) is 0 Å². The van der Waals surface area contributed by atoms with E-state index in [0.717, 1.165) is 18.5 Å².